The molecule has 2 aliphatic heterocycles. The molecule has 8 heteroatoms. The molecule has 0 saturated carbocycles. The summed E-state index contributed by atoms with van der Waals surface area (Å²) >= 11 is 0. The van der Waals surface area contributed by atoms with Gasteiger partial charge < -0.3 is 24.3 Å². The van der Waals surface area contributed by atoms with Gasteiger partial charge >= 0.3 is 0 Å². The molecule has 4 heterocycles. The van der Waals surface area contributed by atoms with Crippen LogP contribution in [0.4, 0.5) is 5.82 Å². The third-order valence-corrected chi connectivity index (χ3v) is 5.65. The number of amides is 1. The zero-order chi connectivity index (χ0) is 19.7. The number of hydrogen-bond acceptors (Lipinski definition) is 7. The van der Waals surface area contributed by atoms with Crippen LogP contribution in [0.25, 0.3) is 0 Å². The summed E-state index contributed by atoms with van der Waals surface area (Å²) in [6, 6.07) is 5.52. The Labute approximate surface area is 164 Å². The fourth-order valence-electron chi connectivity index (χ4n) is 3.93. The predicted molar refractivity (Wildman–Crippen MR) is 104 cm³/mol. The van der Waals surface area contributed by atoms with Crippen LogP contribution in [0.1, 0.15) is 21.8 Å². The Morgan fingerprint density at radius 1 is 1.25 bits per heavy atom. The van der Waals surface area contributed by atoms with Crippen molar-refractivity contribution in [2.24, 2.45) is 5.92 Å². The second-order valence-electron chi connectivity index (χ2n) is 7.87. The van der Waals surface area contributed by atoms with Gasteiger partial charge in [-0.15, -0.1) is 0 Å². The third-order valence-electron chi connectivity index (χ3n) is 5.65. The Morgan fingerprint density at radius 2 is 2.04 bits per heavy atom. The Bertz CT molecular complexity index is 831. The highest BCUT2D eigenvalue weighted by Gasteiger charge is 2.33. The zero-order valence-corrected chi connectivity index (χ0v) is 16.4. The lowest BCUT2D eigenvalue weighted by Crippen LogP contribution is -2.47. The molecule has 2 aliphatic rings. The molecule has 28 heavy (non-hydrogen) atoms. The Morgan fingerprint density at radius 3 is 2.75 bits per heavy atom. The van der Waals surface area contributed by atoms with Gasteiger partial charge in [0.1, 0.15) is 11.6 Å². The van der Waals surface area contributed by atoms with Crippen molar-refractivity contribution in [3.8, 4) is 0 Å². The molecule has 2 fully saturated rings. The lowest BCUT2D eigenvalue weighted by Gasteiger charge is -2.32. The maximum atomic E-state index is 12.8. The summed E-state index contributed by atoms with van der Waals surface area (Å²) in [5.74, 6) is 1.61. The maximum absolute atomic E-state index is 12.8. The Balaban J connectivity index is 1.43. The van der Waals surface area contributed by atoms with Gasteiger partial charge in [0.25, 0.3) is 5.91 Å². The number of aromatic nitrogens is 2. The maximum Gasteiger partial charge on any atom is 0.254 e. The molecule has 0 unspecified atom stereocenters. The smallest absolute Gasteiger partial charge is 0.254 e. The van der Waals surface area contributed by atoms with Gasteiger partial charge in [0.2, 0.25) is 0 Å². The number of β-amino-alcohol motifs (C(OH)–C–C–N with tert-alkyl or cyclic N) is 1. The van der Waals surface area contributed by atoms with Crippen molar-refractivity contribution in [1.29, 1.82) is 0 Å². The van der Waals surface area contributed by atoms with Crippen LogP contribution in [0.15, 0.2) is 28.9 Å². The molecule has 2 atom stereocenters. The van der Waals surface area contributed by atoms with E-state index in [-0.39, 0.29) is 11.8 Å². The van der Waals surface area contributed by atoms with Crippen LogP contribution in [0.2, 0.25) is 0 Å². The van der Waals surface area contributed by atoms with Gasteiger partial charge in [-0.3, -0.25) is 4.79 Å². The summed E-state index contributed by atoms with van der Waals surface area (Å²) in [6.45, 7) is 6.33. The molecule has 0 aromatic carbocycles. The molecule has 0 bridgehead atoms. The summed E-state index contributed by atoms with van der Waals surface area (Å²) in [5, 5.41) is 14.4. The normalized spacial score (nSPS) is 23.4. The number of carbonyl (C=O) groups is 1. The Kier molecular flexibility index (Phi) is 5.32. The quantitative estimate of drug-likeness (QED) is 0.833. The molecule has 2 aromatic heterocycles. The fraction of sp³-hybridized carbons (Fsp3) is 0.550. The van der Waals surface area contributed by atoms with Crippen molar-refractivity contribution < 1.29 is 14.4 Å². The SMILES string of the molecule is Cc1cc(C[C@@H]2CN(c3cc(C(=O)N4CCN(C)CC4)ccn3)C[C@H]2O)on1. The predicted octanol–water partition coefficient (Wildman–Crippen LogP) is 0.805. The molecule has 0 radical (unpaired) electrons. The minimum atomic E-state index is -0.468. The molecule has 2 saturated heterocycles. The summed E-state index contributed by atoms with van der Waals surface area (Å²) < 4.78 is 5.29. The first-order valence-corrected chi connectivity index (χ1v) is 9.78. The number of pyridine rings is 1. The van der Waals surface area contributed by atoms with Crippen LogP contribution >= 0.6 is 0 Å². The highest BCUT2D eigenvalue weighted by molar-refractivity contribution is 5.95. The van der Waals surface area contributed by atoms with E-state index in [0.717, 1.165) is 43.5 Å². The largest absolute Gasteiger partial charge is 0.391 e. The standard InChI is InChI=1S/C20H27N5O3/c1-14-9-17(28-22-14)10-16-12-25(13-18(16)26)19-11-15(3-4-21-19)20(27)24-7-5-23(2)6-8-24/h3-4,9,11,16,18,26H,5-8,10,12-13H2,1-2H3/t16-,18-/m1/s1. The molecule has 8 nitrogen and oxygen atoms in total. The van der Waals surface area contributed by atoms with Gasteiger partial charge in [0, 0.05) is 69.4 Å². The number of aliphatic hydroxyl groups is 1. The average molecular weight is 385 g/mol. The number of aryl methyl sites for hydroxylation is 1. The van der Waals surface area contributed by atoms with E-state index in [1.54, 1.807) is 12.3 Å². The van der Waals surface area contributed by atoms with Crippen molar-refractivity contribution in [3.63, 3.8) is 0 Å². The molecule has 2 aromatic rings. The van der Waals surface area contributed by atoms with Crippen molar-refractivity contribution in [3.05, 3.63) is 41.4 Å². The second kappa shape index (κ2) is 7.89. The van der Waals surface area contributed by atoms with Crippen molar-refractivity contribution in [1.82, 2.24) is 19.9 Å². The topological polar surface area (TPSA) is 85.9 Å². The first-order valence-electron chi connectivity index (χ1n) is 9.78. The van der Waals surface area contributed by atoms with Crippen LogP contribution in [-0.4, -0.2) is 83.4 Å². The van der Waals surface area contributed by atoms with Crippen LogP contribution in [-0.2, 0) is 6.42 Å². The molecule has 150 valence electrons. The lowest BCUT2D eigenvalue weighted by molar-refractivity contribution is 0.0664. The van der Waals surface area contributed by atoms with E-state index >= 15 is 0 Å². The number of rotatable bonds is 4. The number of likely N-dealkylation sites (N-methyl/N-ethyl adjacent to an activating group) is 1. The van der Waals surface area contributed by atoms with E-state index in [1.807, 2.05) is 28.9 Å². The molecule has 4 rings (SSSR count). The minimum absolute atomic E-state index is 0.0465. The van der Waals surface area contributed by atoms with E-state index < -0.39 is 6.10 Å². The van der Waals surface area contributed by atoms with Gasteiger partial charge in [-0.2, -0.15) is 0 Å². The molecule has 0 aliphatic carbocycles. The van der Waals surface area contributed by atoms with Crippen LogP contribution in [0.5, 0.6) is 0 Å². The van der Waals surface area contributed by atoms with E-state index in [0.29, 0.717) is 25.1 Å². The number of hydrogen-bond donors (Lipinski definition) is 1. The molecule has 1 N–H and O–H groups in total. The molecule has 1 amide bonds. The fourth-order valence-corrected chi connectivity index (χ4v) is 3.93. The van der Waals surface area contributed by atoms with Crippen molar-refractivity contribution in [2.75, 3.05) is 51.2 Å². The number of nitrogens with zero attached hydrogens (tertiary/aromatic N) is 5. The van der Waals surface area contributed by atoms with Crippen LogP contribution in [0, 0.1) is 12.8 Å². The summed E-state index contributed by atoms with van der Waals surface area (Å²) in [7, 11) is 2.07. The lowest BCUT2D eigenvalue weighted by atomic mass is 10.0. The molecular formula is C20H27N5O3. The van der Waals surface area contributed by atoms with Gasteiger partial charge in [0.05, 0.1) is 11.8 Å². The highest BCUT2D eigenvalue weighted by Crippen LogP contribution is 2.26. The average Bonchev–Trinajstić information content (AvgIpc) is 3.28. The van der Waals surface area contributed by atoms with Gasteiger partial charge in [-0.1, -0.05) is 5.16 Å². The second-order valence-corrected chi connectivity index (χ2v) is 7.87. The van der Waals surface area contributed by atoms with E-state index in [2.05, 4.69) is 22.1 Å². The highest BCUT2D eigenvalue weighted by atomic mass is 16.5. The van der Waals surface area contributed by atoms with Crippen molar-refractivity contribution >= 4 is 11.7 Å². The van der Waals surface area contributed by atoms with Gasteiger partial charge in [-0.05, 0) is 26.1 Å². The number of carbonyl (C=O) groups excluding carboxylic acids is 1. The van der Waals surface area contributed by atoms with Crippen LogP contribution in [0.3, 0.4) is 0 Å². The monoisotopic (exact) mass is 385 g/mol. The third kappa shape index (κ3) is 4.02. The molecule has 0 spiro atoms. The van der Waals surface area contributed by atoms with E-state index in [9.17, 15) is 9.90 Å². The van der Waals surface area contributed by atoms with Crippen LogP contribution < -0.4 is 4.90 Å². The number of piperazine rings is 1. The van der Waals surface area contributed by atoms with E-state index in [4.69, 9.17) is 4.52 Å². The minimum Gasteiger partial charge on any atom is -0.391 e. The number of anilines is 1. The summed E-state index contributed by atoms with van der Waals surface area (Å²) in [6.07, 6.45) is 1.85. The summed E-state index contributed by atoms with van der Waals surface area (Å²) in [4.78, 5) is 23.4. The zero-order valence-electron chi connectivity index (χ0n) is 16.4. The molecular weight excluding hydrogens is 358 g/mol. The van der Waals surface area contributed by atoms with Gasteiger partial charge in [-0.25, -0.2) is 4.98 Å². The van der Waals surface area contributed by atoms with E-state index in [1.165, 1.54) is 0 Å². The Hall–Kier alpha value is -2.45. The summed E-state index contributed by atoms with van der Waals surface area (Å²) in [5.41, 5.74) is 1.49. The van der Waals surface area contributed by atoms with Gasteiger partial charge in [0.15, 0.2) is 0 Å². The number of aliphatic hydroxyl groups excluding tert-OH is 1. The first kappa shape index (κ1) is 18.9. The van der Waals surface area contributed by atoms with Crippen molar-refractivity contribution in [2.45, 2.75) is 19.4 Å². The first-order chi connectivity index (χ1) is 13.5.